The second-order valence-electron chi connectivity index (χ2n) is 8.41. The molecule has 0 saturated heterocycles. The molecule has 168 valence electrons. The van der Waals surface area contributed by atoms with Crippen molar-refractivity contribution in [3.05, 3.63) is 77.6 Å². The highest BCUT2D eigenvalue weighted by molar-refractivity contribution is 7.15. The van der Waals surface area contributed by atoms with Crippen molar-refractivity contribution in [3.8, 4) is 33.0 Å². The summed E-state index contributed by atoms with van der Waals surface area (Å²) < 4.78 is 0. The van der Waals surface area contributed by atoms with Crippen LogP contribution in [0, 0.1) is 6.92 Å². The SMILES string of the molecule is CCNCc1cncc(-c2ccc3[nH]nc(-c4cc5c(-c6ccc(C)s6)ccnc5[nH]4)c3c2)c1. The lowest BCUT2D eigenvalue weighted by Gasteiger charge is -2.06. The number of nitrogens with one attached hydrogen (secondary N) is 3. The number of hydrogen-bond donors (Lipinski definition) is 3. The van der Waals surface area contributed by atoms with Crippen molar-refractivity contribution in [2.75, 3.05) is 6.54 Å². The van der Waals surface area contributed by atoms with E-state index in [0.717, 1.165) is 57.5 Å². The van der Waals surface area contributed by atoms with Crippen molar-refractivity contribution >= 4 is 33.3 Å². The van der Waals surface area contributed by atoms with Crippen LogP contribution in [0.25, 0.3) is 54.9 Å². The number of pyridine rings is 2. The van der Waals surface area contributed by atoms with Gasteiger partial charge in [-0.05, 0) is 67.1 Å². The van der Waals surface area contributed by atoms with Crippen LogP contribution in [0.1, 0.15) is 17.4 Å². The minimum absolute atomic E-state index is 0.810. The van der Waals surface area contributed by atoms with Crippen LogP contribution in [0.15, 0.2) is 67.1 Å². The van der Waals surface area contributed by atoms with Gasteiger partial charge in [-0.1, -0.05) is 13.0 Å². The van der Waals surface area contributed by atoms with Crippen LogP contribution in [0.2, 0.25) is 0 Å². The van der Waals surface area contributed by atoms with Gasteiger partial charge in [0.1, 0.15) is 11.3 Å². The summed E-state index contributed by atoms with van der Waals surface area (Å²) in [5.74, 6) is 0. The summed E-state index contributed by atoms with van der Waals surface area (Å²) in [4.78, 5) is 15.1. The Morgan fingerprint density at radius 2 is 1.91 bits per heavy atom. The first-order valence-electron chi connectivity index (χ1n) is 11.4. The first kappa shape index (κ1) is 20.8. The highest BCUT2D eigenvalue weighted by Crippen LogP contribution is 2.36. The number of rotatable bonds is 6. The molecule has 0 aliphatic carbocycles. The fraction of sp³-hybridized carbons (Fsp3) is 0.148. The number of aromatic nitrogens is 5. The zero-order valence-corrected chi connectivity index (χ0v) is 19.8. The van der Waals surface area contributed by atoms with Crippen molar-refractivity contribution in [3.63, 3.8) is 0 Å². The average Bonchev–Trinajstić information content (AvgIpc) is 3.59. The lowest BCUT2D eigenvalue weighted by atomic mass is 10.0. The van der Waals surface area contributed by atoms with Crippen LogP contribution in [0.5, 0.6) is 0 Å². The number of nitrogens with zero attached hydrogens (tertiary/aromatic N) is 3. The molecule has 34 heavy (non-hydrogen) atoms. The number of aromatic amines is 2. The van der Waals surface area contributed by atoms with Crippen molar-refractivity contribution in [2.45, 2.75) is 20.4 Å². The first-order chi connectivity index (χ1) is 16.7. The molecule has 0 spiro atoms. The lowest BCUT2D eigenvalue weighted by molar-refractivity contribution is 0.724. The van der Waals surface area contributed by atoms with Crippen molar-refractivity contribution < 1.29 is 0 Å². The fourth-order valence-corrected chi connectivity index (χ4v) is 5.27. The van der Waals surface area contributed by atoms with Gasteiger partial charge in [0, 0.05) is 56.8 Å². The maximum atomic E-state index is 4.65. The molecule has 5 aromatic heterocycles. The van der Waals surface area contributed by atoms with Gasteiger partial charge in [-0.2, -0.15) is 5.10 Å². The molecule has 0 aliphatic rings. The van der Waals surface area contributed by atoms with E-state index in [-0.39, 0.29) is 0 Å². The molecule has 6 nitrogen and oxygen atoms in total. The Bertz CT molecular complexity index is 1620. The predicted octanol–water partition coefficient (Wildman–Crippen LogP) is 6.31. The Balaban J connectivity index is 1.44. The fourth-order valence-electron chi connectivity index (χ4n) is 4.36. The minimum atomic E-state index is 0.810. The van der Waals surface area contributed by atoms with Gasteiger partial charge in [0.2, 0.25) is 0 Å². The number of aryl methyl sites for hydroxylation is 1. The molecule has 0 radical (unpaired) electrons. The van der Waals surface area contributed by atoms with Crippen molar-refractivity contribution in [1.29, 1.82) is 0 Å². The Morgan fingerprint density at radius 3 is 2.76 bits per heavy atom. The maximum absolute atomic E-state index is 4.65. The molecule has 0 amide bonds. The molecule has 6 rings (SSSR count). The molecule has 0 atom stereocenters. The molecule has 0 unspecified atom stereocenters. The molecular formula is C27H24N6S. The maximum Gasteiger partial charge on any atom is 0.138 e. The quantitative estimate of drug-likeness (QED) is 0.270. The van der Waals surface area contributed by atoms with Crippen LogP contribution in [0.3, 0.4) is 0 Å². The van der Waals surface area contributed by atoms with E-state index >= 15 is 0 Å². The van der Waals surface area contributed by atoms with Gasteiger partial charge in [-0.3, -0.25) is 10.1 Å². The Morgan fingerprint density at radius 1 is 0.971 bits per heavy atom. The number of fused-ring (bicyclic) bond motifs is 2. The molecule has 5 heterocycles. The number of benzene rings is 1. The van der Waals surface area contributed by atoms with Crippen LogP contribution in [0.4, 0.5) is 0 Å². The van der Waals surface area contributed by atoms with E-state index in [2.05, 4.69) is 92.8 Å². The smallest absolute Gasteiger partial charge is 0.138 e. The molecule has 6 aromatic rings. The van der Waals surface area contributed by atoms with E-state index < -0.39 is 0 Å². The second-order valence-corrected chi connectivity index (χ2v) is 9.70. The third kappa shape index (κ3) is 3.69. The van der Waals surface area contributed by atoms with E-state index in [9.17, 15) is 0 Å². The van der Waals surface area contributed by atoms with Crippen LogP contribution < -0.4 is 5.32 Å². The monoisotopic (exact) mass is 464 g/mol. The normalized spacial score (nSPS) is 11.6. The summed E-state index contributed by atoms with van der Waals surface area (Å²) in [6.07, 6.45) is 5.69. The Labute approximate surface area is 201 Å². The Kier molecular flexibility index (Phi) is 5.20. The summed E-state index contributed by atoms with van der Waals surface area (Å²) in [6.45, 7) is 5.98. The molecule has 7 heteroatoms. The van der Waals surface area contributed by atoms with Gasteiger partial charge >= 0.3 is 0 Å². The summed E-state index contributed by atoms with van der Waals surface area (Å²) in [5, 5.41) is 13.4. The van der Waals surface area contributed by atoms with Gasteiger partial charge in [0.05, 0.1) is 11.2 Å². The summed E-state index contributed by atoms with van der Waals surface area (Å²) in [6, 6.07) is 17.2. The van der Waals surface area contributed by atoms with E-state index in [0.29, 0.717) is 0 Å². The number of H-pyrrole nitrogens is 2. The van der Waals surface area contributed by atoms with Gasteiger partial charge < -0.3 is 10.3 Å². The number of thiophene rings is 1. The zero-order chi connectivity index (χ0) is 23.1. The van der Waals surface area contributed by atoms with Gasteiger partial charge in [-0.15, -0.1) is 11.3 Å². The van der Waals surface area contributed by atoms with Gasteiger partial charge in [0.25, 0.3) is 0 Å². The Hall–Kier alpha value is -3.81. The minimum Gasteiger partial charge on any atom is -0.338 e. The molecular weight excluding hydrogens is 440 g/mol. The third-order valence-corrected chi connectivity index (χ3v) is 7.10. The van der Waals surface area contributed by atoms with Crippen LogP contribution in [-0.2, 0) is 6.54 Å². The molecule has 0 aliphatic heterocycles. The standard InChI is InChI=1S/C27H24N6S/c1-3-28-13-17-10-19(15-29-14-17)18-5-6-23-22(11-18)26(33-32-23)24-12-21-20(8-9-30-27(21)31-24)25-7-4-16(2)34-25/h4-12,14-15,28H,3,13H2,1-2H3,(H,30,31)(H,32,33). The van der Waals surface area contributed by atoms with Crippen LogP contribution >= 0.6 is 11.3 Å². The zero-order valence-electron chi connectivity index (χ0n) is 19.0. The van der Waals surface area contributed by atoms with Gasteiger partial charge in [-0.25, -0.2) is 4.98 Å². The largest absolute Gasteiger partial charge is 0.338 e. The lowest BCUT2D eigenvalue weighted by Crippen LogP contribution is -2.11. The predicted molar refractivity (Wildman–Crippen MR) is 140 cm³/mol. The van der Waals surface area contributed by atoms with Crippen molar-refractivity contribution in [1.82, 2.24) is 30.5 Å². The molecule has 0 bridgehead atoms. The topological polar surface area (TPSA) is 82.3 Å². The summed E-state index contributed by atoms with van der Waals surface area (Å²) in [7, 11) is 0. The van der Waals surface area contributed by atoms with E-state index in [1.54, 1.807) is 11.3 Å². The average molecular weight is 465 g/mol. The van der Waals surface area contributed by atoms with E-state index in [1.165, 1.54) is 20.9 Å². The molecule has 1 aromatic carbocycles. The molecule has 0 fully saturated rings. The first-order valence-corrected chi connectivity index (χ1v) is 12.2. The van der Waals surface area contributed by atoms with Crippen molar-refractivity contribution in [2.24, 2.45) is 0 Å². The number of hydrogen-bond acceptors (Lipinski definition) is 5. The van der Waals surface area contributed by atoms with E-state index in [4.69, 9.17) is 0 Å². The summed E-state index contributed by atoms with van der Waals surface area (Å²) >= 11 is 1.80. The van der Waals surface area contributed by atoms with E-state index in [1.807, 2.05) is 18.6 Å². The molecule has 0 saturated carbocycles. The highest BCUT2D eigenvalue weighted by atomic mass is 32.1. The highest BCUT2D eigenvalue weighted by Gasteiger charge is 2.15. The van der Waals surface area contributed by atoms with Crippen LogP contribution in [-0.4, -0.2) is 31.7 Å². The summed E-state index contributed by atoms with van der Waals surface area (Å²) in [5.41, 5.74) is 8.27. The van der Waals surface area contributed by atoms with Gasteiger partial charge in [0.15, 0.2) is 0 Å². The second kappa shape index (κ2) is 8.52. The third-order valence-electron chi connectivity index (χ3n) is 6.06. The molecule has 3 N–H and O–H groups in total.